The van der Waals surface area contributed by atoms with Crippen molar-refractivity contribution in [1.29, 1.82) is 0 Å². The Morgan fingerprint density at radius 1 is 1.27 bits per heavy atom. The minimum absolute atomic E-state index is 0.156. The molecular weight excluding hydrogens is 340 g/mol. The van der Waals surface area contributed by atoms with E-state index in [-0.39, 0.29) is 18.8 Å². The Hall–Kier alpha value is -2.14. The van der Waals surface area contributed by atoms with Gasteiger partial charge in [0.2, 0.25) is 0 Å². The van der Waals surface area contributed by atoms with Crippen LogP contribution < -0.4 is 0 Å². The van der Waals surface area contributed by atoms with Crippen LogP contribution in [0, 0.1) is 0 Å². The van der Waals surface area contributed by atoms with Crippen molar-refractivity contribution in [3.8, 4) is 0 Å². The maximum atomic E-state index is 9.64. The molecule has 10 heteroatoms. The number of hydrogen-bond donors (Lipinski definition) is 1. The number of imidazole rings is 1. The van der Waals surface area contributed by atoms with Crippen molar-refractivity contribution in [3.05, 3.63) is 12.7 Å². The van der Waals surface area contributed by atoms with Gasteiger partial charge in [-0.1, -0.05) is 0 Å². The van der Waals surface area contributed by atoms with Gasteiger partial charge in [-0.25, -0.2) is 19.9 Å². The van der Waals surface area contributed by atoms with Crippen molar-refractivity contribution < 1.29 is 19.3 Å². The first-order valence-electron chi connectivity index (χ1n) is 8.40. The van der Waals surface area contributed by atoms with Crippen LogP contribution in [-0.2, 0) is 14.2 Å². The van der Waals surface area contributed by atoms with Crippen LogP contribution in [0.5, 0.6) is 0 Å². The Morgan fingerprint density at radius 3 is 2.77 bits per heavy atom. The zero-order valence-electron chi connectivity index (χ0n) is 15.1. The standard InChI is InChI=1S/C16H22N6O4/c1-16(2)25-11-9(5-23)24-15(12(11)26-16)22-8-19-10-13(20-7-21(3)4)17-6-18-14(10)22/h6-9,11-12,15,23H,5H2,1-4H3/b20-7-. The topological polar surface area (TPSA) is 107 Å². The number of rotatable bonds is 4. The van der Waals surface area contributed by atoms with Crippen LogP contribution in [0.3, 0.4) is 0 Å². The van der Waals surface area contributed by atoms with Crippen molar-refractivity contribution in [3.63, 3.8) is 0 Å². The van der Waals surface area contributed by atoms with E-state index in [1.807, 2.05) is 32.8 Å². The molecule has 26 heavy (non-hydrogen) atoms. The molecule has 2 aliphatic heterocycles. The highest BCUT2D eigenvalue weighted by Crippen LogP contribution is 2.43. The maximum Gasteiger partial charge on any atom is 0.184 e. The van der Waals surface area contributed by atoms with E-state index >= 15 is 0 Å². The monoisotopic (exact) mass is 362 g/mol. The molecule has 10 nitrogen and oxygen atoms in total. The molecule has 4 heterocycles. The van der Waals surface area contributed by atoms with Crippen LogP contribution in [-0.4, -0.2) is 80.7 Å². The van der Waals surface area contributed by atoms with Crippen molar-refractivity contribution in [2.45, 2.75) is 44.2 Å². The van der Waals surface area contributed by atoms with Crippen LogP contribution in [0.25, 0.3) is 11.2 Å². The van der Waals surface area contributed by atoms with Gasteiger partial charge in [0.25, 0.3) is 0 Å². The van der Waals surface area contributed by atoms with E-state index < -0.39 is 18.1 Å². The second-order valence-electron chi connectivity index (χ2n) is 7.04. The number of fused-ring (bicyclic) bond motifs is 2. The Kier molecular flexibility index (Phi) is 4.14. The van der Waals surface area contributed by atoms with Crippen LogP contribution in [0.4, 0.5) is 5.82 Å². The molecule has 0 amide bonds. The third-order valence-electron chi connectivity index (χ3n) is 4.33. The number of aromatic nitrogens is 4. The summed E-state index contributed by atoms with van der Waals surface area (Å²) in [5.41, 5.74) is 1.15. The van der Waals surface area contributed by atoms with E-state index in [1.54, 1.807) is 17.2 Å². The fourth-order valence-corrected chi connectivity index (χ4v) is 3.32. The first kappa shape index (κ1) is 17.3. The molecule has 2 aromatic rings. The molecule has 0 aromatic carbocycles. The molecule has 140 valence electrons. The van der Waals surface area contributed by atoms with Gasteiger partial charge in [-0.3, -0.25) is 4.57 Å². The smallest absolute Gasteiger partial charge is 0.184 e. The van der Waals surface area contributed by atoms with Crippen LogP contribution in [0.15, 0.2) is 17.6 Å². The highest BCUT2D eigenvalue weighted by Gasteiger charge is 2.55. The number of nitrogens with zero attached hydrogens (tertiary/aromatic N) is 6. The summed E-state index contributed by atoms with van der Waals surface area (Å²) in [6.45, 7) is 3.54. The van der Waals surface area contributed by atoms with E-state index in [2.05, 4.69) is 19.9 Å². The Labute approximate surface area is 150 Å². The molecule has 0 aliphatic carbocycles. The minimum atomic E-state index is -0.739. The first-order chi connectivity index (χ1) is 12.4. The van der Waals surface area contributed by atoms with Gasteiger partial charge in [0.1, 0.15) is 24.6 Å². The van der Waals surface area contributed by atoms with E-state index in [9.17, 15) is 5.11 Å². The molecule has 1 N–H and O–H groups in total. The summed E-state index contributed by atoms with van der Waals surface area (Å²) in [5.74, 6) is -0.267. The molecule has 2 fully saturated rings. The predicted molar refractivity (Wildman–Crippen MR) is 92.0 cm³/mol. The number of hydrogen-bond acceptors (Lipinski definition) is 8. The lowest BCUT2D eigenvalue weighted by Crippen LogP contribution is -2.31. The van der Waals surface area contributed by atoms with Gasteiger partial charge in [0.05, 0.1) is 19.3 Å². The molecule has 0 spiro atoms. The second-order valence-corrected chi connectivity index (χ2v) is 7.04. The largest absolute Gasteiger partial charge is 0.394 e. The summed E-state index contributed by atoms with van der Waals surface area (Å²) in [4.78, 5) is 19.1. The summed E-state index contributed by atoms with van der Waals surface area (Å²) in [5, 5.41) is 9.64. The minimum Gasteiger partial charge on any atom is -0.394 e. The fraction of sp³-hybridized carbons (Fsp3) is 0.625. The number of aliphatic imine (C=N–C) groups is 1. The van der Waals surface area contributed by atoms with Crippen molar-refractivity contribution in [2.24, 2.45) is 4.99 Å². The van der Waals surface area contributed by atoms with Crippen LogP contribution >= 0.6 is 0 Å². The summed E-state index contributed by atoms with van der Waals surface area (Å²) in [6.07, 6.45) is 3.01. The van der Waals surface area contributed by atoms with Gasteiger partial charge in [-0.2, -0.15) is 0 Å². The highest BCUT2D eigenvalue weighted by molar-refractivity contribution is 5.82. The first-order valence-corrected chi connectivity index (χ1v) is 8.40. The van der Waals surface area contributed by atoms with E-state index in [1.165, 1.54) is 6.33 Å². The fourth-order valence-electron chi connectivity index (χ4n) is 3.32. The van der Waals surface area contributed by atoms with Gasteiger partial charge in [0.15, 0.2) is 29.0 Å². The maximum absolute atomic E-state index is 9.64. The molecule has 2 aliphatic rings. The lowest BCUT2D eigenvalue weighted by molar-refractivity contribution is -0.199. The van der Waals surface area contributed by atoms with E-state index in [0.29, 0.717) is 17.0 Å². The average molecular weight is 362 g/mol. The van der Waals surface area contributed by atoms with E-state index in [0.717, 1.165) is 0 Å². The summed E-state index contributed by atoms with van der Waals surface area (Å²) in [7, 11) is 3.75. The summed E-state index contributed by atoms with van der Waals surface area (Å²) >= 11 is 0. The Balaban J connectivity index is 1.72. The quantitative estimate of drug-likeness (QED) is 0.617. The molecule has 4 rings (SSSR count). The van der Waals surface area contributed by atoms with Crippen molar-refractivity contribution >= 4 is 23.3 Å². The molecule has 4 atom stereocenters. The predicted octanol–water partition coefficient (Wildman–Crippen LogP) is 0.457. The Bertz CT molecular complexity index is 835. The second kappa shape index (κ2) is 6.23. The van der Waals surface area contributed by atoms with Gasteiger partial charge in [-0.15, -0.1) is 0 Å². The molecule has 4 unspecified atom stereocenters. The number of aliphatic hydroxyl groups excluding tert-OH is 1. The third-order valence-corrected chi connectivity index (χ3v) is 4.33. The average Bonchev–Trinajstić information content (AvgIpc) is 3.23. The van der Waals surface area contributed by atoms with Crippen molar-refractivity contribution in [2.75, 3.05) is 20.7 Å². The molecule has 0 saturated carbocycles. The molecule has 0 radical (unpaired) electrons. The van der Waals surface area contributed by atoms with E-state index in [4.69, 9.17) is 14.2 Å². The summed E-state index contributed by atoms with van der Waals surface area (Å²) in [6, 6.07) is 0. The molecule has 0 bridgehead atoms. The SMILES string of the molecule is CN(C)/C=N\c1ncnc2c1ncn2C1OC(CO)C2OC(C)(C)OC21. The van der Waals surface area contributed by atoms with Gasteiger partial charge >= 0.3 is 0 Å². The molecule has 2 saturated heterocycles. The molecule has 2 aromatic heterocycles. The lowest BCUT2D eigenvalue weighted by Gasteiger charge is -2.24. The Morgan fingerprint density at radius 2 is 2.04 bits per heavy atom. The normalized spacial score (nSPS) is 30.3. The molecular formula is C16H22N6O4. The number of aliphatic hydroxyl groups is 1. The van der Waals surface area contributed by atoms with Gasteiger partial charge in [0, 0.05) is 14.1 Å². The van der Waals surface area contributed by atoms with Gasteiger partial charge in [-0.05, 0) is 13.8 Å². The highest BCUT2D eigenvalue weighted by atomic mass is 16.8. The van der Waals surface area contributed by atoms with Gasteiger partial charge < -0.3 is 24.2 Å². The zero-order chi connectivity index (χ0) is 18.5. The summed E-state index contributed by atoms with van der Waals surface area (Å²) < 4.78 is 19.7. The van der Waals surface area contributed by atoms with Crippen molar-refractivity contribution in [1.82, 2.24) is 24.4 Å². The lowest BCUT2D eigenvalue weighted by atomic mass is 10.1. The third kappa shape index (κ3) is 2.84. The van der Waals surface area contributed by atoms with Crippen LogP contribution in [0.1, 0.15) is 20.1 Å². The zero-order valence-corrected chi connectivity index (χ0v) is 15.1. The number of ether oxygens (including phenoxy) is 3. The van der Waals surface area contributed by atoms with Crippen LogP contribution in [0.2, 0.25) is 0 Å².